The first-order valence-electron chi connectivity index (χ1n) is 6.36. The molecule has 3 aromatic rings. The van der Waals surface area contributed by atoms with Crippen LogP contribution in [-0.2, 0) is 11.3 Å². The smallest absolute Gasteiger partial charge is 0.167 e. The summed E-state index contributed by atoms with van der Waals surface area (Å²) in [5.74, 6) is 0.113. The maximum absolute atomic E-state index is 13.9. The Kier molecular flexibility index (Phi) is 3.45. The Hall–Kier alpha value is -2.60. The monoisotopic (exact) mass is 287 g/mol. The first-order valence-corrected chi connectivity index (χ1v) is 6.36. The predicted octanol–water partition coefficient (Wildman–Crippen LogP) is 3.22. The summed E-state index contributed by atoms with van der Waals surface area (Å²) in [5.41, 5.74) is 7.44. The van der Waals surface area contributed by atoms with Crippen LogP contribution < -0.4 is 10.5 Å². The van der Waals surface area contributed by atoms with Crippen LogP contribution >= 0.6 is 0 Å². The number of aromatic amines is 1. The summed E-state index contributed by atoms with van der Waals surface area (Å²) in [6.45, 7) is 0.409. The standard InChI is InChI=1S/C15H14FN3O2/c1-20-8-9-7-19-15-14(9)13(4-5-18-15)21-12-3-2-10(17)6-11(12)16/h2-7H,8,17H2,1H3,(H,18,19). The molecule has 0 saturated carbocycles. The number of benzene rings is 1. The van der Waals surface area contributed by atoms with Crippen LogP contribution in [0.25, 0.3) is 11.0 Å². The second-order valence-corrected chi connectivity index (χ2v) is 4.57. The first-order chi connectivity index (χ1) is 10.2. The van der Waals surface area contributed by atoms with Crippen LogP contribution in [0.1, 0.15) is 5.56 Å². The van der Waals surface area contributed by atoms with Crippen LogP contribution in [0.4, 0.5) is 10.1 Å². The van der Waals surface area contributed by atoms with Crippen molar-refractivity contribution >= 4 is 16.7 Å². The van der Waals surface area contributed by atoms with Gasteiger partial charge in [-0.2, -0.15) is 0 Å². The molecule has 0 bridgehead atoms. The van der Waals surface area contributed by atoms with Crippen LogP contribution in [0.5, 0.6) is 11.5 Å². The highest BCUT2D eigenvalue weighted by Gasteiger charge is 2.13. The molecular formula is C15H14FN3O2. The quantitative estimate of drug-likeness (QED) is 0.723. The Bertz CT molecular complexity index is 786. The predicted molar refractivity (Wildman–Crippen MR) is 77.7 cm³/mol. The minimum atomic E-state index is -0.510. The fourth-order valence-corrected chi connectivity index (χ4v) is 2.16. The Labute approximate surface area is 120 Å². The number of methoxy groups -OCH3 is 1. The van der Waals surface area contributed by atoms with Crippen LogP contribution in [0.2, 0.25) is 0 Å². The number of fused-ring (bicyclic) bond motifs is 1. The van der Waals surface area contributed by atoms with Gasteiger partial charge >= 0.3 is 0 Å². The van der Waals surface area contributed by atoms with Gasteiger partial charge in [-0.25, -0.2) is 9.37 Å². The molecule has 5 nitrogen and oxygen atoms in total. The number of nitrogens with zero attached hydrogens (tertiary/aromatic N) is 1. The van der Waals surface area contributed by atoms with Gasteiger partial charge < -0.3 is 20.2 Å². The number of hydrogen-bond donors (Lipinski definition) is 2. The van der Waals surface area contributed by atoms with Crippen molar-refractivity contribution in [3.8, 4) is 11.5 Å². The molecule has 0 spiro atoms. The lowest BCUT2D eigenvalue weighted by Crippen LogP contribution is -1.93. The van der Waals surface area contributed by atoms with Crippen molar-refractivity contribution in [2.75, 3.05) is 12.8 Å². The molecule has 3 N–H and O–H groups in total. The van der Waals surface area contributed by atoms with Crippen molar-refractivity contribution in [3.05, 3.63) is 48.0 Å². The van der Waals surface area contributed by atoms with Gasteiger partial charge in [0.15, 0.2) is 11.6 Å². The lowest BCUT2D eigenvalue weighted by Gasteiger charge is -2.09. The van der Waals surface area contributed by atoms with E-state index in [2.05, 4.69) is 9.97 Å². The van der Waals surface area contributed by atoms with Crippen molar-refractivity contribution in [1.82, 2.24) is 9.97 Å². The molecule has 108 valence electrons. The van der Waals surface area contributed by atoms with Crippen molar-refractivity contribution in [3.63, 3.8) is 0 Å². The van der Waals surface area contributed by atoms with Gasteiger partial charge in [-0.15, -0.1) is 0 Å². The van der Waals surface area contributed by atoms with Crippen molar-refractivity contribution in [2.24, 2.45) is 0 Å². The first kappa shape index (κ1) is 13.4. The summed E-state index contributed by atoms with van der Waals surface area (Å²) in [5, 5.41) is 0.774. The number of nitrogens with two attached hydrogens (primary N) is 1. The molecule has 3 rings (SSSR count). The van der Waals surface area contributed by atoms with Crippen LogP contribution in [0.3, 0.4) is 0 Å². The van der Waals surface area contributed by atoms with E-state index in [-0.39, 0.29) is 5.75 Å². The molecule has 0 amide bonds. The highest BCUT2D eigenvalue weighted by Crippen LogP contribution is 2.33. The molecule has 0 aliphatic heterocycles. The third kappa shape index (κ3) is 2.53. The van der Waals surface area contributed by atoms with E-state index >= 15 is 0 Å². The molecule has 0 aliphatic rings. The number of pyridine rings is 1. The number of H-pyrrole nitrogens is 1. The van der Waals surface area contributed by atoms with Gasteiger partial charge in [0.05, 0.1) is 12.0 Å². The van der Waals surface area contributed by atoms with E-state index in [1.54, 1.807) is 31.6 Å². The van der Waals surface area contributed by atoms with Gasteiger partial charge in [0, 0.05) is 36.8 Å². The van der Waals surface area contributed by atoms with Gasteiger partial charge in [-0.1, -0.05) is 0 Å². The molecule has 0 saturated heterocycles. The number of hydrogen-bond acceptors (Lipinski definition) is 4. The number of anilines is 1. The highest BCUT2D eigenvalue weighted by molar-refractivity contribution is 5.86. The average molecular weight is 287 g/mol. The summed E-state index contributed by atoms with van der Waals surface area (Å²) in [6, 6.07) is 6.00. The Morgan fingerprint density at radius 2 is 2.14 bits per heavy atom. The third-order valence-corrected chi connectivity index (χ3v) is 3.09. The van der Waals surface area contributed by atoms with E-state index < -0.39 is 5.82 Å². The maximum atomic E-state index is 13.9. The Morgan fingerprint density at radius 1 is 1.29 bits per heavy atom. The summed E-state index contributed by atoms with van der Waals surface area (Å²) in [4.78, 5) is 7.26. The molecule has 21 heavy (non-hydrogen) atoms. The molecule has 1 aromatic carbocycles. The molecule has 0 radical (unpaired) electrons. The minimum Gasteiger partial charge on any atom is -0.453 e. The molecular weight excluding hydrogens is 273 g/mol. The van der Waals surface area contributed by atoms with E-state index in [1.165, 1.54) is 12.1 Å². The Balaban J connectivity index is 2.05. The molecule has 0 atom stereocenters. The van der Waals surface area contributed by atoms with Crippen molar-refractivity contribution in [2.45, 2.75) is 6.61 Å². The zero-order valence-corrected chi connectivity index (χ0v) is 11.4. The topological polar surface area (TPSA) is 73.2 Å². The summed E-state index contributed by atoms with van der Waals surface area (Å²) >= 11 is 0. The fraction of sp³-hybridized carbons (Fsp3) is 0.133. The van der Waals surface area contributed by atoms with E-state index in [4.69, 9.17) is 15.2 Å². The van der Waals surface area contributed by atoms with Crippen molar-refractivity contribution in [1.29, 1.82) is 0 Å². The van der Waals surface area contributed by atoms with E-state index in [0.717, 1.165) is 10.9 Å². The molecule has 0 aliphatic carbocycles. The van der Waals surface area contributed by atoms with E-state index in [1.807, 2.05) is 0 Å². The molecule has 6 heteroatoms. The maximum Gasteiger partial charge on any atom is 0.167 e. The number of ether oxygens (including phenoxy) is 2. The largest absolute Gasteiger partial charge is 0.453 e. The molecule has 2 aromatic heterocycles. The normalized spacial score (nSPS) is 11.0. The molecule has 0 unspecified atom stereocenters. The number of nitrogens with one attached hydrogen (secondary N) is 1. The SMILES string of the molecule is COCc1c[nH]c2nccc(Oc3ccc(N)cc3F)c12. The summed E-state index contributed by atoms with van der Waals surface area (Å²) < 4.78 is 24.7. The highest BCUT2D eigenvalue weighted by atomic mass is 19.1. The zero-order chi connectivity index (χ0) is 14.8. The number of rotatable bonds is 4. The Morgan fingerprint density at radius 3 is 2.90 bits per heavy atom. The lowest BCUT2D eigenvalue weighted by molar-refractivity contribution is 0.186. The lowest BCUT2D eigenvalue weighted by atomic mass is 10.2. The fourth-order valence-electron chi connectivity index (χ4n) is 2.16. The van der Waals surface area contributed by atoms with Crippen LogP contribution in [-0.4, -0.2) is 17.1 Å². The van der Waals surface area contributed by atoms with Gasteiger partial charge in [-0.05, 0) is 18.2 Å². The van der Waals surface area contributed by atoms with Gasteiger partial charge in [0.25, 0.3) is 0 Å². The zero-order valence-electron chi connectivity index (χ0n) is 11.4. The van der Waals surface area contributed by atoms with Gasteiger partial charge in [0.2, 0.25) is 0 Å². The second-order valence-electron chi connectivity index (χ2n) is 4.57. The van der Waals surface area contributed by atoms with E-state index in [0.29, 0.717) is 23.7 Å². The second kappa shape index (κ2) is 5.41. The minimum absolute atomic E-state index is 0.112. The van der Waals surface area contributed by atoms with Crippen molar-refractivity contribution < 1.29 is 13.9 Å². The third-order valence-electron chi connectivity index (χ3n) is 3.09. The summed E-state index contributed by atoms with van der Waals surface area (Å²) in [7, 11) is 1.61. The van der Waals surface area contributed by atoms with Crippen LogP contribution in [0.15, 0.2) is 36.7 Å². The van der Waals surface area contributed by atoms with Gasteiger partial charge in [-0.3, -0.25) is 0 Å². The number of aromatic nitrogens is 2. The number of halogens is 1. The molecule has 0 fully saturated rings. The van der Waals surface area contributed by atoms with E-state index in [9.17, 15) is 4.39 Å². The average Bonchev–Trinajstić information content (AvgIpc) is 2.87. The van der Waals surface area contributed by atoms with Crippen LogP contribution in [0, 0.1) is 5.82 Å². The summed E-state index contributed by atoms with van der Waals surface area (Å²) in [6.07, 6.45) is 3.40. The van der Waals surface area contributed by atoms with Gasteiger partial charge in [0.1, 0.15) is 11.4 Å². The number of nitrogen functional groups attached to an aromatic ring is 1. The molecule has 2 heterocycles.